The summed E-state index contributed by atoms with van der Waals surface area (Å²) in [6, 6.07) is 20.9. The lowest BCUT2D eigenvalue weighted by atomic mass is 9.65. The summed E-state index contributed by atoms with van der Waals surface area (Å²) in [5, 5.41) is 0. The van der Waals surface area contributed by atoms with Crippen LogP contribution in [0.3, 0.4) is 0 Å². The van der Waals surface area contributed by atoms with Crippen LogP contribution in [0.1, 0.15) is 31.8 Å². The third-order valence-corrected chi connectivity index (χ3v) is 5.76. The summed E-state index contributed by atoms with van der Waals surface area (Å²) in [5.74, 6) is -0.338. The van der Waals surface area contributed by atoms with Crippen LogP contribution in [0.15, 0.2) is 84.9 Å². The fourth-order valence-electron chi connectivity index (χ4n) is 4.33. The Bertz CT molecular complexity index is 1240. The molecule has 1 heterocycles. The van der Waals surface area contributed by atoms with Crippen LogP contribution in [0.4, 0.5) is 5.69 Å². The zero-order chi connectivity index (χ0) is 20.9. The molecular weight excluding hydrogens is 378 g/mol. The Morgan fingerprint density at radius 2 is 1.37 bits per heavy atom. The van der Waals surface area contributed by atoms with E-state index in [1.807, 2.05) is 0 Å². The highest BCUT2D eigenvalue weighted by molar-refractivity contribution is 6.30. The maximum absolute atomic E-state index is 14.0. The molecule has 1 spiro atoms. The van der Waals surface area contributed by atoms with Gasteiger partial charge in [-0.15, -0.1) is 0 Å². The molecule has 146 valence electrons. The van der Waals surface area contributed by atoms with E-state index in [0.717, 1.165) is 0 Å². The Balaban J connectivity index is 1.80. The lowest BCUT2D eigenvalue weighted by Crippen LogP contribution is -2.55. The van der Waals surface area contributed by atoms with Crippen molar-refractivity contribution in [3.8, 4) is 5.75 Å². The van der Waals surface area contributed by atoms with E-state index in [9.17, 15) is 14.4 Å². The second-order valence-electron chi connectivity index (χ2n) is 7.24. The maximum Gasteiger partial charge on any atom is 0.265 e. The van der Waals surface area contributed by atoms with Crippen LogP contribution in [-0.2, 0) is 10.2 Å². The van der Waals surface area contributed by atoms with Gasteiger partial charge in [-0.1, -0.05) is 48.5 Å². The molecule has 1 aliphatic heterocycles. The maximum atomic E-state index is 14.0. The van der Waals surface area contributed by atoms with E-state index < -0.39 is 17.2 Å². The van der Waals surface area contributed by atoms with Gasteiger partial charge in [0.15, 0.2) is 5.78 Å². The zero-order valence-corrected chi connectivity index (χ0v) is 16.2. The first-order valence-electron chi connectivity index (χ1n) is 9.53. The van der Waals surface area contributed by atoms with Gasteiger partial charge in [0.2, 0.25) is 0 Å². The summed E-state index contributed by atoms with van der Waals surface area (Å²) in [5.41, 5.74) is 1.26. The second kappa shape index (κ2) is 6.52. The molecule has 0 bridgehead atoms. The first-order valence-corrected chi connectivity index (χ1v) is 9.53. The van der Waals surface area contributed by atoms with E-state index in [1.54, 1.807) is 86.0 Å². The van der Waals surface area contributed by atoms with E-state index in [0.29, 0.717) is 33.7 Å². The van der Waals surface area contributed by atoms with Gasteiger partial charge >= 0.3 is 0 Å². The van der Waals surface area contributed by atoms with Crippen LogP contribution in [-0.4, -0.2) is 24.7 Å². The van der Waals surface area contributed by atoms with E-state index in [1.165, 1.54) is 11.0 Å². The minimum atomic E-state index is -1.26. The summed E-state index contributed by atoms with van der Waals surface area (Å²) in [6.07, 6.45) is 3.06. The number of rotatable bonds is 2. The van der Waals surface area contributed by atoms with Crippen LogP contribution in [0, 0.1) is 0 Å². The second-order valence-corrected chi connectivity index (χ2v) is 7.24. The lowest BCUT2D eigenvalue weighted by molar-refractivity contribution is -0.121. The van der Waals surface area contributed by atoms with Crippen molar-refractivity contribution in [2.75, 3.05) is 12.0 Å². The first-order chi connectivity index (χ1) is 14.6. The number of amides is 2. The number of nitrogens with zero attached hydrogens (tertiary/aromatic N) is 1. The highest BCUT2D eigenvalue weighted by Gasteiger charge is 2.53. The van der Waals surface area contributed by atoms with Crippen molar-refractivity contribution in [1.29, 1.82) is 0 Å². The standard InChI is InChI=1S/C25H17NO4/c1-30-17-12-10-16(11-13-17)26-23(28)19-7-3-5-9-21(19)25(24(26)29)15-14-22(27)18-6-2-4-8-20(18)25/h2-15H,1H3. The molecule has 1 atom stereocenters. The number of benzene rings is 3. The van der Waals surface area contributed by atoms with Crippen molar-refractivity contribution in [2.45, 2.75) is 5.41 Å². The van der Waals surface area contributed by atoms with Gasteiger partial charge in [0.1, 0.15) is 11.2 Å². The molecule has 0 saturated heterocycles. The van der Waals surface area contributed by atoms with E-state index in [2.05, 4.69) is 0 Å². The average Bonchev–Trinajstić information content (AvgIpc) is 2.80. The molecule has 0 fully saturated rings. The molecule has 5 heteroatoms. The van der Waals surface area contributed by atoms with E-state index in [4.69, 9.17) is 4.74 Å². The summed E-state index contributed by atoms with van der Waals surface area (Å²) in [6.45, 7) is 0. The molecule has 0 radical (unpaired) electrons. The van der Waals surface area contributed by atoms with Crippen molar-refractivity contribution in [3.63, 3.8) is 0 Å². The molecule has 2 aliphatic rings. The van der Waals surface area contributed by atoms with Gasteiger partial charge in [-0.2, -0.15) is 0 Å². The normalized spacial score (nSPS) is 19.6. The van der Waals surface area contributed by atoms with Gasteiger partial charge in [-0.3, -0.25) is 14.4 Å². The van der Waals surface area contributed by atoms with Gasteiger partial charge in [-0.25, -0.2) is 4.90 Å². The summed E-state index contributed by atoms with van der Waals surface area (Å²) in [4.78, 5) is 41.1. The van der Waals surface area contributed by atoms with Crippen LogP contribution in [0.5, 0.6) is 5.75 Å². The number of carbonyl (C=O) groups is 3. The highest BCUT2D eigenvalue weighted by Crippen LogP contribution is 2.46. The number of anilines is 1. The molecule has 0 aromatic heterocycles. The largest absolute Gasteiger partial charge is 0.497 e. The smallest absolute Gasteiger partial charge is 0.265 e. The topological polar surface area (TPSA) is 63.7 Å². The number of fused-ring (bicyclic) bond motifs is 4. The quantitative estimate of drug-likeness (QED) is 0.617. The molecule has 5 nitrogen and oxygen atoms in total. The van der Waals surface area contributed by atoms with Crippen molar-refractivity contribution < 1.29 is 19.1 Å². The zero-order valence-electron chi connectivity index (χ0n) is 16.2. The summed E-state index contributed by atoms with van der Waals surface area (Å²) < 4.78 is 5.20. The third kappa shape index (κ3) is 2.32. The van der Waals surface area contributed by atoms with Crippen LogP contribution >= 0.6 is 0 Å². The third-order valence-electron chi connectivity index (χ3n) is 5.76. The van der Waals surface area contributed by atoms with E-state index >= 15 is 0 Å². The van der Waals surface area contributed by atoms with Crippen molar-refractivity contribution >= 4 is 23.3 Å². The van der Waals surface area contributed by atoms with Gasteiger partial charge < -0.3 is 4.74 Å². The molecule has 3 aromatic rings. The predicted molar refractivity (Wildman–Crippen MR) is 112 cm³/mol. The fraction of sp³-hybridized carbons (Fsp3) is 0.0800. The molecule has 5 rings (SSSR count). The minimum Gasteiger partial charge on any atom is -0.497 e. The first kappa shape index (κ1) is 18.1. The Hall–Kier alpha value is -3.99. The van der Waals surface area contributed by atoms with Gasteiger partial charge in [-0.05, 0) is 47.5 Å². The van der Waals surface area contributed by atoms with Gasteiger partial charge in [0, 0.05) is 11.1 Å². The number of ether oxygens (including phenoxy) is 1. The molecule has 2 amide bonds. The summed E-state index contributed by atoms with van der Waals surface area (Å²) in [7, 11) is 1.55. The molecular formula is C25H17NO4. The number of carbonyl (C=O) groups excluding carboxylic acids is 3. The van der Waals surface area contributed by atoms with E-state index in [-0.39, 0.29) is 5.78 Å². The SMILES string of the molecule is COc1ccc(N2C(=O)c3ccccc3C3(C=CC(=O)c4ccccc43)C2=O)cc1. The molecule has 3 aromatic carbocycles. The monoisotopic (exact) mass is 395 g/mol. The Morgan fingerprint density at radius 3 is 2.03 bits per heavy atom. The molecule has 0 saturated carbocycles. The summed E-state index contributed by atoms with van der Waals surface area (Å²) >= 11 is 0. The number of hydrogen-bond acceptors (Lipinski definition) is 4. The van der Waals surface area contributed by atoms with Crippen LogP contribution in [0.2, 0.25) is 0 Å². The van der Waals surface area contributed by atoms with Gasteiger partial charge in [0.05, 0.1) is 12.8 Å². The number of imide groups is 1. The van der Waals surface area contributed by atoms with Crippen molar-refractivity contribution in [2.24, 2.45) is 0 Å². The minimum absolute atomic E-state index is 0.158. The van der Waals surface area contributed by atoms with Crippen molar-refractivity contribution in [1.82, 2.24) is 0 Å². The highest BCUT2D eigenvalue weighted by atomic mass is 16.5. The average molecular weight is 395 g/mol. The predicted octanol–water partition coefficient (Wildman–Crippen LogP) is 3.92. The molecule has 1 aliphatic carbocycles. The molecule has 0 N–H and O–H groups in total. The lowest BCUT2D eigenvalue weighted by Gasteiger charge is -2.42. The Kier molecular flexibility index (Phi) is 3.93. The number of methoxy groups -OCH3 is 1. The fourth-order valence-corrected chi connectivity index (χ4v) is 4.33. The molecule has 30 heavy (non-hydrogen) atoms. The number of hydrogen-bond donors (Lipinski definition) is 0. The number of ketones is 1. The molecule has 1 unspecified atom stereocenters. The van der Waals surface area contributed by atoms with Crippen LogP contribution in [0.25, 0.3) is 0 Å². The van der Waals surface area contributed by atoms with Crippen LogP contribution < -0.4 is 9.64 Å². The number of allylic oxidation sites excluding steroid dienone is 1. The Labute approximate surface area is 173 Å². The van der Waals surface area contributed by atoms with Gasteiger partial charge in [0.25, 0.3) is 11.8 Å². The Morgan fingerprint density at radius 1 is 0.767 bits per heavy atom. The van der Waals surface area contributed by atoms with Crippen molar-refractivity contribution in [3.05, 3.63) is 107 Å².